The van der Waals surface area contributed by atoms with Crippen molar-refractivity contribution in [1.82, 2.24) is 4.98 Å². The summed E-state index contributed by atoms with van der Waals surface area (Å²) in [5.74, 6) is 0. The molecule has 0 atom stereocenters. The van der Waals surface area contributed by atoms with Gasteiger partial charge in [-0.1, -0.05) is 0 Å². The summed E-state index contributed by atoms with van der Waals surface area (Å²) in [6.45, 7) is 5.74. The molecular weight excluding hydrogens is 204 g/mol. The minimum absolute atomic E-state index is 0.0133. The van der Waals surface area contributed by atoms with Crippen LogP contribution >= 0.6 is 0 Å². The molecule has 1 aromatic heterocycles. The van der Waals surface area contributed by atoms with Gasteiger partial charge in [0.2, 0.25) is 0 Å². The maximum Gasteiger partial charge on any atom is 0.0717 e. The number of hydrogen-bond acceptors (Lipinski definition) is 4. The van der Waals surface area contributed by atoms with Crippen molar-refractivity contribution < 1.29 is 9.84 Å². The zero-order chi connectivity index (χ0) is 12.0. The van der Waals surface area contributed by atoms with Gasteiger partial charge in [-0.2, -0.15) is 0 Å². The van der Waals surface area contributed by atoms with Crippen LogP contribution in [0, 0.1) is 0 Å². The zero-order valence-electron chi connectivity index (χ0n) is 10.2. The Morgan fingerprint density at radius 1 is 1.50 bits per heavy atom. The van der Waals surface area contributed by atoms with E-state index in [-0.39, 0.29) is 6.61 Å². The van der Waals surface area contributed by atoms with Gasteiger partial charge in [0, 0.05) is 43.3 Å². The molecule has 90 valence electrons. The van der Waals surface area contributed by atoms with Crippen LogP contribution in [-0.4, -0.2) is 36.4 Å². The van der Waals surface area contributed by atoms with Crippen molar-refractivity contribution in [1.29, 1.82) is 0 Å². The molecule has 1 rings (SSSR count). The SMILES string of the molecule is COCCN(c1ccncc1CO)C(C)C. The summed E-state index contributed by atoms with van der Waals surface area (Å²) in [7, 11) is 1.69. The number of rotatable bonds is 6. The highest BCUT2D eigenvalue weighted by Gasteiger charge is 2.13. The zero-order valence-corrected chi connectivity index (χ0v) is 10.2. The monoisotopic (exact) mass is 224 g/mol. The normalized spacial score (nSPS) is 10.8. The fourth-order valence-corrected chi connectivity index (χ4v) is 1.67. The van der Waals surface area contributed by atoms with E-state index in [0.717, 1.165) is 17.8 Å². The molecule has 1 heterocycles. The first kappa shape index (κ1) is 12.9. The fourth-order valence-electron chi connectivity index (χ4n) is 1.67. The Bertz CT molecular complexity index is 316. The lowest BCUT2D eigenvalue weighted by Crippen LogP contribution is -2.34. The van der Waals surface area contributed by atoms with Gasteiger partial charge in [0.15, 0.2) is 0 Å². The number of aromatic nitrogens is 1. The van der Waals surface area contributed by atoms with Crippen molar-refractivity contribution in [2.24, 2.45) is 0 Å². The highest BCUT2D eigenvalue weighted by molar-refractivity contribution is 5.52. The van der Waals surface area contributed by atoms with E-state index in [2.05, 4.69) is 23.7 Å². The molecule has 0 aliphatic carbocycles. The van der Waals surface area contributed by atoms with Gasteiger partial charge in [0.05, 0.1) is 13.2 Å². The quantitative estimate of drug-likeness (QED) is 0.794. The first-order valence-corrected chi connectivity index (χ1v) is 5.50. The van der Waals surface area contributed by atoms with E-state index in [4.69, 9.17) is 4.74 Å². The predicted octanol–water partition coefficient (Wildman–Crippen LogP) is 1.44. The number of pyridine rings is 1. The van der Waals surface area contributed by atoms with Gasteiger partial charge in [-0.15, -0.1) is 0 Å². The Hall–Kier alpha value is -1.13. The molecule has 0 radical (unpaired) electrons. The van der Waals surface area contributed by atoms with Gasteiger partial charge in [-0.05, 0) is 19.9 Å². The van der Waals surface area contributed by atoms with Crippen molar-refractivity contribution in [2.75, 3.05) is 25.2 Å². The summed E-state index contributed by atoms with van der Waals surface area (Å²) >= 11 is 0. The molecule has 0 spiro atoms. The van der Waals surface area contributed by atoms with E-state index >= 15 is 0 Å². The Kier molecular flexibility index (Phi) is 5.22. The standard InChI is InChI=1S/C12H20N2O2/c1-10(2)14(6-7-16-3)12-4-5-13-8-11(12)9-15/h4-5,8,10,15H,6-7,9H2,1-3H3. The third-order valence-corrected chi connectivity index (χ3v) is 2.52. The summed E-state index contributed by atoms with van der Waals surface area (Å²) in [6, 6.07) is 2.30. The molecule has 0 aliphatic rings. The second-order valence-corrected chi connectivity index (χ2v) is 3.94. The van der Waals surface area contributed by atoms with E-state index in [1.807, 2.05) is 6.07 Å². The van der Waals surface area contributed by atoms with Gasteiger partial charge >= 0.3 is 0 Å². The largest absolute Gasteiger partial charge is 0.392 e. The second kappa shape index (κ2) is 6.45. The Labute approximate surface area is 96.9 Å². The molecule has 0 saturated heterocycles. The summed E-state index contributed by atoms with van der Waals surface area (Å²) in [6.07, 6.45) is 3.45. The van der Waals surface area contributed by atoms with Crippen LogP contribution in [-0.2, 0) is 11.3 Å². The maximum atomic E-state index is 9.28. The average Bonchev–Trinajstić information content (AvgIpc) is 2.29. The van der Waals surface area contributed by atoms with E-state index in [9.17, 15) is 5.11 Å². The second-order valence-electron chi connectivity index (χ2n) is 3.94. The topological polar surface area (TPSA) is 45.6 Å². The predicted molar refractivity (Wildman–Crippen MR) is 64.5 cm³/mol. The van der Waals surface area contributed by atoms with Gasteiger partial charge in [0.25, 0.3) is 0 Å². The lowest BCUT2D eigenvalue weighted by Gasteiger charge is -2.30. The van der Waals surface area contributed by atoms with Crippen LogP contribution in [0.2, 0.25) is 0 Å². The molecule has 0 amide bonds. The Morgan fingerprint density at radius 2 is 2.25 bits per heavy atom. The van der Waals surface area contributed by atoms with Crippen LogP contribution in [0.1, 0.15) is 19.4 Å². The molecule has 1 aromatic rings. The van der Waals surface area contributed by atoms with Crippen molar-refractivity contribution >= 4 is 5.69 Å². The molecule has 0 bridgehead atoms. The summed E-state index contributed by atoms with van der Waals surface area (Å²) in [5.41, 5.74) is 1.89. The van der Waals surface area contributed by atoms with Crippen molar-refractivity contribution in [2.45, 2.75) is 26.5 Å². The number of nitrogens with zero attached hydrogens (tertiary/aromatic N) is 2. The third-order valence-electron chi connectivity index (χ3n) is 2.52. The molecule has 0 aliphatic heterocycles. The first-order chi connectivity index (χ1) is 7.70. The van der Waals surface area contributed by atoms with Crippen LogP contribution in [0.3, 0.4) is 0 Å². The Morgan fingerprint density at radius 3 is 2.81 bits per heavy atom. The van der Waals surface area contributed by atoms with Crippen molar-refractivity contribution in [3.63, 3.8) is 0 Å². The number of hydrogen-bond donors (Lipinski definition) is 1. The lowest BCUT2D eigenvalue weighted by atomic mass is 10.2. The minimum atomic E-state index is 0.0133. The summed E-state index contributed by atoms with van der Waals surface area (Å²) in [4.78, 5) is 6.23. The fraction of sp³-hybridized carbons (Fsp3) is 0.583. The van der Waals surface area contributed by atoms with E-state index in [1.165, 1.54) is 0 Å². The van der Waals surface area contributed by atoms with E-state index in [1.54, 1.807) is 19.5 Å². The molecule has 16 heavy (non-hydrogen) atoms. The minimum Gasteiger partial charge on any atom is -0.392 e. The third kappa shape index (κ3) is 3.18. The highest BCUT2D eigenvalue weighted by Crippen LogP contribution is 2.21. The molecule has 0 unspecified atom stereocenters. The number of anilines is 1. The number of methoxy groups -OCH3 is 1. The maximum absolute atomic E-state index is 9.28. The smallest absolute Gasteiger partial charge is 0.0717 e. The van der Waals surface area contributed by atoms with Crippen LogP contribution in [0.25, 0.3) is 0 Å². The molecule has 0 aromatic carbocycles. The van der Waals surface area contributed by atoms with Crippen LogP contribution in [0.5, 0.6) is 0 Å². The van der Waals surface area contributed by atoms with Crippen LogP contribution in [0.4, 0.5) is 5.69 Å². The van der Waals surface area contributed by atoms with Gasteiger partial charge in [-0.25, -0.2) is 0 Å². The van der Waals surface area contributed by atoms with Gasteiger partial charge in [0.1, 0.15) is 0 Å². The molecule has 0 fully saturated rings. The van der Waals surface area contributed by atoms with Crippen LogP contribution in [0.15, 0.2) is 18.5 Å². The first-order valence-electron chi connectivity index (χ1n) is 5.50. The number of aliphatic hydroxyl groups is 1. The van der Waals surface area contributed by atoms with E-state index < -0.39 is 0 Å². The molecule has 4 heteroatoms. The number of ether oxygens (including phenoxy) is 1. The number of aliphatic hydroxyl groups excluding tert-OH is 1. The molecule has 0 saturated carbocycles. The molecule has 1 N–H and O–H groups in total. The summed E-state index contributed by atoms with van der Waals surface area (Å²) in [5, 5.41) is 9.28. The Balaban J connectivity index is 2.91. The van der Waals surface area contributed by atoms with Crippen molar-refractivity contribution in [3.8, 4) is 0 Å². The van der Waals surface area contributed by atoms with Gasteiger partial charge < -0.3 is 14.7 Å². The molecular formula is C12H20N2O2. The highest BCUT2D eigenvalue weighted by atomic mass is 16.5. The van der Waals surface area contributed by atoms with Crippen LogP contribution < -0.4 is 4.90 Å². The average molecular weight is 224 g/mol. The molecule has 4 nitrogen and oxygen atoms in total. The summed E-state index contributed by atoms with van der Waals surface area (Å²) < 4.78 is 5.10. The lowest BCUT2D eigenvalue weighted by molar-refractivity contribution is 0.203. The van der Waals surface area contributed by atoms with Gasteiger partial charge in [-0.3, -0.25) is 4.98 Å². The van der Waals surface area contributed by atoms with Crippen molar-refractivity contribution in [3.05, 3.63) is 24.0 Å². The van der Waals surface area contributed by atoms with E-state index in [0.29, 0.717) is 12.6 Å².